The minimum Gasteiger partial charge on any atom is -0.462 e. The van der Waals surface area contributed by atoms with Crippen LogP contribution in [0.3, 0.4) is 0 Å². The molecule has 0 amide bonds. The Morgan fingerprint density at radius 3 is 2.63 bits per heavy atom. The maximum absolute atomic E-state index is 12.4. The predicted molar refractivity (Wildman–Crippen MR) is 67.3 cm³/mol. The number of hydrogen-bond donors (Lipinski definition) is 1. The lowest BCUT2D eigenvalue weighted by Gasteiger charge is -2.14. The first-order valence-electron chi connectivity index (χ1n) is 6.20. The number of carbonyl (C=O) groups excluding carboxylic acids is 1. The zero-order chi connectivity index (χ0) is 14.0. The third-order valence-corrected chi connectivity index (χ3v) is 4.87. The van der Waals surface area contributed by atoms with Gasteiger partial charge in [-0.3, -0.25) is 5.10 Å². The van der Waals surface area contributed by atoms with Crippen LogP contribution in [0.15, 0.2) is 5.03 Å². The number of aromatic nitrogens is 2. The van der Waals surface area contributed by atoms with Crippen LogP contribution in [0, 0.1) is 6.92 Å². The Balaban J connectivity index is 2.42. The number of sulfonamides is 1. The van der Waals surface area contributed by atoms with Crippen molar-refractivity contribution in [1.82, 2.24) is 14.5 Å². The summed E-state index contributed by atoms with van der Waals surface area (Å²) in [6, 6.07) is 0. The smallest absolute Gasteiger partial charge is 0.343 e. The molecule has 1 aliphatic heterocycles. The third-order valence-electron chi connectivity index (χ3n) is 3.04. The van der Waals surface area contributed by atoms with Crippen molar-refractivity contribution in [3.8, 4) is 0 Å². The third kappa shape index (κ3) is 2.50. The van der Waals surface area contributed by atoms with Crippen molar-refractivity contribution in [1.29, 1.82) is 0 Å². The molecule has 19 heavy (non-hydrogen) atoms. The van der Waals surface area contributed by atoms with Crippen LogP contribution in [0.2, 0.25) is 0 Å². The molecule has 0 aromatic carbocycles. The molecular formula is C11H17N3O4S. The van der Waals surface area contributed by atoms with Gasteiger partial charge in [0, 0.05) is 18.8 Å². The van der Waals surface area contributed by atoms with Crippen molar-refractivity contribution in [2.24, 2.45) is 0 Å². The highest BCUT2D eigenvalue weighted by atomic mass is 32.2. The standard InChI is InChI=1S/C11H17N3O4S/c1-3-18-11(15)9-8(2)12-13-10(9)19(16,17)14-6-4-5-7-14/h3-7H2,1-2H3,(H,12,13). The Bertz CT molecular complexity index is 573. The van der Waals surface area contributed by atoms with Gasteiger partial charge in [0.1, 0.15) is 5.56 Å². The Morgan fingerprint density at radius 2 is 2.05 bits per heavy atom. The second kappa shape index (κ2) is 5.30. The van der Waals surface area contributed by atoms with Crippen molar-refractivity contribution in [3.63, 3.8) is 0 Å². The first kappa shape index (κ1) is 14.0. The number of rotatable bonds is 4. The molecule has 0 spiro atoms. The molecule has 7 nitrogen and oxygen atoms in total. The monoisotopic (exact) mass is 287 g/mol. The summed E-state index contributed by atoms with van der Waals surface area (Å²) >= 11 is 0. The number of ether oxygens (including phenoxy) is 1. The Morgan fingerprint density at radius 1 is 1.42 bits per heavy atom. The summed E-state index contributed by atoms with van der Waals surface area (Å²) in [6.07, 6.45) is 1.66. The van der Waals surface area contributed by atoms with E-state index in [1.165, 1.54) is 4.31 Å². The maximum atomic E-state index is 12.4. The van der Waals surface area contributed by atoms with E-state index in [0.717, 1.165) is 12.8 Å². The molecule has 0 aliphatic carbocycles. The number of nitrogens with zero attached hydrogens (tertiary/aromatic N) is 2. The molecule has 8 heteroatoms. The van der Waals surface area contributed by atoms with Crippen molar-refractivity contribution < 1.29 is 17.9 Å². The minimum atomic E-state index is -3.72. The number of hydrogen-bond acceptors (Lipinski definition) is 5. The van der Waals surface area contributed by atoms with E-state index in [0.29, 0.717) is 18.8 Å². The number of carbonyl (C=O) groups is 1. The molecule has 0 radical (unpaired) electrons. The molecule has 1 aromatic rings. The van der Waals surface area contributed by atoms with Gasteiger partial charge in [-0.15, -0.1) is 0 Å². The van der Waals surface area contributed by atoms with E-state index >= 15 is 0 Å². The zero-order valence-electron chi connectivity index (χ0n) is 11.0. The first-order chi connectivity index (χ1) is 8.98. The highest BCUT2D eigenvalue weighted by molar-refractivity contribution is 7.89. The molecule has 106 valence electrons. The lowest BCUT2D eigenvalue weighted by atomic mass is 10.3. The van der Waals surface area contributed by atoms with Crippen LogP contribution < -0.4 is 0 Å². The number of H-pyrrole nitrogens is 1. The summed E-state index contributed by atoms with van der Waals surface area (Å²) < 4.78 is 31.1. The fraction of sp³-hybridized carbons (Fsp3) is 0.636. The normalized spacial score (nSPS) is 16.7. The molecule has 1 N–H and O–H groups in total. The van der Waals surface area contributed by atoms with E-state index in [-0.39, 0.29) is 17.2 Å². The summed E-state index contributed by atoms with van der Waals surface area (Å²) in [5, 5.41) is 6.10. The summed E-state index contributed by atoms with van der Waals surface area (Å²) in [7, 11) is -3.72. The molecule has 1 fully saturated rings. The van der Waals surface area contributed by atoms with Crippen molar-refractivity contribution in [2.45, 2.75) is 31.7 Å². The van der Waals surface area contributed by atoms with Gasteiger partial charge in [-0.2, -0.15) is 9.40 Å². The second-order valence-corrected chi connectivity index (χ2v) is 6.21. The highest BCUT2D eigenvalue weighted by Gasteiger charge is 2.35. The summed E-state index contributed by atoms with van der Waals surface area (Å²) in [5.74, 6) is -0.661. The minimum absolute atomic E-state index is 0.00810. The molecule has 2 rings (SSSR count). The molecule has 0 unspecified atom stereocenters. The van der Waals surface area contributed by atoms with E-state index in [9.17, 15) is 13.2 Å². The largest absolute Gasteiger partial charge is 0.462 e. The highest BCUT2D eigenvalue weighted by Crippen LogP contribution is 2.24. The van der Waals surface area contributed by atoms with Crippen molar-refractivity contribution >= 4 is 16.0 Å². The van der Waals surface area contributed by atoms with Crippen LogP contribution in [-0.4, -0.2) is 48.6 Å². The number of esters is 1. The van der Waals surface area contributed by atoms with Crippen LogP contribution in [0.25, 0.3) is 0 Å². The zero-order valence-corrected chi connectivity index (χ0v) is 11.8. The molecule has 0 bridgehead atoms. The van der Waals surface area contributed by atoms with Gasteiger partial charge in [0.2, 0.25) is 5.03 Å². The Hall–Kier alpha value is -1.41. The molecule has 0 atom stereocenters. The quantitative estimate of drug-likeness (QED) is 0.822. The van der Waals surface area contributed by atoms with Gasteiger partial charge in [0.25, 0.3) is 10.0 Å². The van der Waals surface area contributed by atoms with Crippen LogP contribution in [-0.2, 0) is 14.8 Å². The molecule has 2 heterocycles. The van der Waals surface area contributed by atoms with Crippen LogP contribution in [0.1, 0.15) is 35.8 Å². The molecule has 0 saturated carbocycles. The lowest BCUT2D eigenvalue weighted by molar-refractivity contribution is 0.0521. The van der Waals surface area contributed by atoms with Crippen LogP contribution in [0.5, 0.6) is 0 Å². The predicted octanol–water partition coefficient (Wildman–Crippen LogP) is 0.679. The van der Waals surface area contributed by atoms with E-state index in [2.05, 4.69) is 10.2 Å². The van der Waals surface area contributed by atoms with Crippen LogP contribution >= 0.6 is 0 Å². The van der Waals surface area contributed by atoms with Gasteiger partial charge in [0.05, 0.1) is 6.61 Å². The molecular weight excluding hydrogens is 270 g/mol. The van der Waals surface area contributed by atoms with Gasteiger partial charge >= 0.3 is 5.97 Å². The summed E-state index contributed by atoms with van der Waals surface area (Å²) in [6.45, 7) is 4.39. The van der Waals surface area contributed by atoms with Crippen molar-refractivity contribution in [2.75, 3.05) is 19.7 Å². The van der Waals surface area contributed by atoms with E-state index < -0.39 is 16.0 Å². The fourth-order valence-electron chi connectivity index (χ4n) is 2.09. The van der Waals surface area contributed by atoms with E-state index in [1.54, 1.807) is 13.8 Å². The number of aromatic amines is 1. The van der Waals surface area contributed by atoms with Gasteiger partial charge in [-0.05, 0) is 26.7 Å². The summed E-state index contributed by atoms with van der Waals surface area (Å²) in [4.78, 5) is 11.8. The number of nitrogens with one attached hydrogen (secondary N) is 1. The topological polar surface area (TPSA) is 92.4 Å². The lowest BCUT2D eigenvalue weighted by Crippen LogP contribution is -2.29. The Labute approximate surface area is 112 Å². The average molecular weight is 287 g/mol. The molecule has 1 aromatic heterocycles. The Kier molecular flexibility index (Phi) is 3.91. The number of aryl methyl sites for hydroxylation is 1. The first-order valence-corrected chi connectivity index (χ1v) is 7.64. The fourth-order valence-corrected chi connectivity index (χ4v) is 3.73. The van der Waals surface area contributed by atoms with Crippen LogP contribution in [0.4, 0.5) is 0 Å². The second-order valence-electron chi connectivity index (χ2n) is 4.36. The summed E-state index contributed by atoms with van der Waals surface area (Å²) in [5.41, 5.74) is 0.407. The van der Waals surface area contributed by atoms with Gasteiger partial charge in [-0.1, -0.05) is 0 Å². The molecule has 1 saturated heterocycles. The average Bonchev–Trinajstić information content (AvgIpc) is 2.97. The van der Waals surface area contributed by atoms with E-state index in [4.69, 9.17) is 4.74 Å². The van der Waals surface area contributed by atoms with Gasteiger partial charge < -0.3 is 4.74 Å². The van der Waals surface area contributed by atoms with Gasteiger partial charge in [0.15, 0.2) is 0 Å². The van der Waals surface area contributed by atoms with E-state index in [1.807, 2.05) is 0 Å². The van der Waals surface area contributed by atoms with Gasteiger partial charge in [-0.25, -0.2) is 13.2 Å². The van der Waals surface area contributed by atoms with Crippen molar-refractivity contribution in [3.05, 3.63) is 11.3 Å². The maximum Gasteiger partial charge on any atom is 0.343 e. The SMILES string of the molecule is CCOC(=O)c1c(S(=O)(=O)N2CCCC2)n[nH]c1C. The molecule has 1 aliphatic rings.